The Hall–Kier alpha value is -1.60. The molecule has 0 radical (unpaired) electrons. The molecule has 0 saturated carbocycles. The van der Waals surface area contributed by atoms with Crippen LogP contribution in [-0.4, -0.2) is 55.4 Å². The summed E-state index contributed by atoms with van der Waals surface area (Å²) in [4.78, 5) is 24.7. The Morgan fingerprint density at radius 1 is 1.53 bits per heavy atom. The number of carboxylic acid groups (broad SMARTS) is 1. The van der Waals surface area contributed by atoms with Gasteiger partial charge in [0.15, 0.2) is 0 Å². The number of nitrogens with zero attached hydrogens (tertiary/aromatic N) is 1. The van der Waals surface area contributed by atoms with Crippen LogP contribution in [0.5, 0.6) is 0 Å². The Kier molecular flexibility index (Phi) is 6.91. The van der Waals surface area contributed by atoms with E-state index in [0.29, 0.717) is 13.1 Å². The summed E-state index contributed by atoms with van der Waals surface area (Å²) in [5.74, 6) is -1.01. The van der Waals surface area contributed by atoms with Crippen LogP contribution in [-0.2, 0) is 16.0 Å². The van der Waals surface area contributed by atoms with E-state index in [0.717, 1.165) is 6.42 Å². The molecule has 0 atom stereocenters. The second-order valence-electron chi connectivity index (χ2n) is 3.93. The fourth-order valence-electron chi connectivity index (χ4n) is 1.36. The van der Waals surface area contributed by atoms with Gasteiger partial charge >= 0.3 is 12.0 Å². The van der Waals surface area contributed by atoms with Crippen LogP contribution in [0.4, 0.5) is 4.79 Å². The number of rotatable bonds is 8. The maximum absolute atomic E-state index is 11.6. The monoisotopic (exact) mass is 286 g/mol. The Bertz CT molecular complexity index is 394. The van der Waals surface area contributed by atoms with Gasteiger partial charge in [0, 0.05) is 25.0 Å². The lowest BCUT2D eigenvalue weighted by Gasteiger charge is -2.17. The molecule has 1 heterocycles. The summed E-state index contributed by atoms with van der Waals surface area (Å²) >= 11 is 1.67. The topological polar surface area (TPSA) is 78.9 Å². The van der Waals surface area contributed by atoms with Crippen molar-refractivity contribution in [1.29, 1.82) is 0 Å². The van der Waals surface area contributed by atoms with Crippen LogP contribution in [0.1, 0.15) is 4.88 Å². The number of urea groups is 1. The summed E-state index contributed by atoms with van der Waals surface area (Å²) in [5.41, 5.74) is 0. The molecular weight excluding hydrogens is 268 g/mol. The summed E-state index contributed by atoms with van der Waals surface area (Å²) in [6.07, 6.45) is 0.830. The Morgan fingerprint density at radius 2 is 2.32 bits per heavy atom. The maximum atomic E-state index is 11.6. The Balaban J connectivity index is 2.09. The van der Waals surface area contributed by atoms with Gasteiger partial charge in [-0.3, -0.25) is 0 Å². The van der Waals surface area contributed by atoms with Crippen LogP contribution in [0.3, 0.4) is 0 Å². The van der Waals surface area contributed by atoms with Crippen LogP contribution in [0.2, 0.25) is 0 Å². The average molecular weight is 286 g/mol. The zero-order chi connectivity index (χ0) is 14.1. The number of carboxylic acids is 1. The first-order valence-corrected chi connectivity index (χ1v) is 6.78. The molecule has 1 aromatic heterocycles. The molecule has 0 aliphatic heterocycles. The van der Waals surface area contributed by atoms with Crippen LogP contribution in [0.25, 0.3) is 0 Å². The summed E-state index contributed by atoms with van der Waals surface area (Å²) in [6, 6.07) is 3.84. The number of carbonyl (C=O) groups is 2. The number of amides is 2. The van der Waals surface area contributed by atoms with Gasteiger partial charge in [-0.05, 0) is 17.9 Å². The summed E-state index contributed by atoms with van der Waals surface area (Å²) in [6.45, 7) is 0.790. The third-order valence-corrected chi connectivity index (χ3v) is 3.30. The fraction of sp³-hybridized carbons (Fsp3) is 0.500. The van der Waals surface area contributed by atoms with Crippen molar-refractivity contribution in [2.75, 3.05) is 33.4 Å². The number of ether oxygens (including phenoxy) is 1. The molecule has 0 unspecified atom stereocenters. The van der Waals surface area contributed by atoms with Crippen molar-refractivity contribution in [2.24, 2.45) is 0 Å². The van der Waals surface area contributed by atoms with Crippen LogP contribution < -0.4 is 5.32 Å². The van der Waals surface area contributed by atoms with Crippen molar-refractivity contribution in [1.82, 2.24) is 10.2 Å². The number of hydrogen-bond acceptors (Lipinski definition) is 4. The van der Waals surface area contributed by atoms with E-state index in [9.17, 15) is 9.59 Å². The lowest BCUT2D eigenvalue weighted by molar-refractivity contribution is -0.142. The number of aliphatic carboxylic acids is 1. The lowest BCUT2D eigenvalue weighted by atomic mass is 10.3. The molecule has 0 aliphatic rings. The van der Waals surface area contributed by atoms with Gasteiger partial charge in [0.1, 0.15) is 6.61 Å². The number of thiophene rings is 1. The van der Waals surface area contributed by atoms with E-state index in [1.807, 2.05) is 17.5 Å². The molecule has 0 fully saturated rings. The number of hydrogen-bond donors (Lipinski definition) is 2. The third kappa shape index (κ3) is 6.78. The number of likely N-dealkylation sites (N-methyl/N-ethyl adjacent to an activating group) is 1. The van der Waals surface area contributed by atoms with Crippen molar-refractivity contribution < 1.29 is 19.4 Å². The van der Waals surface area contributed by atoms with E-state index in [1.165, 1.54) is 4.88 Å². The van der Waals surface area contributed by atoms with Crippen molar-refractivity contribution in [3.8, 4) is 0 Å². The van der Waals surface area contributed by atoms with Crippen molar-refractivity contribution in [3.05, 3.63) is 22.4 Å². The van der Waals surface area contributed by atoms with Crippen LogP contribution in [0.15, 0.2) is 17.5 Å². The van der Waals surface area contributed by atoms with Gasteiger partial charge in [0.05, 0.1) is 6.61 Å². The Labute approximate surface area is 116 Å². The average Bonchev–Trinajstić information content (AvgIpc) is 2.88. The van der Waals surface area contributed by atoms with Gasteiger partial charge in [-0.2, -0.15) is 0 Å². The van der Waals surface area contributed by atoms with Gasteiger partial charge in [-0.25, -0.2) is 9.59 Å². The molecule has 2 N–H and O–H groups in total. The highest BCUT2D eigenvalue weighted by Gasteiger charge is 2.07. The fourth-order valence-corrected chi connectivity index (χ4v) is 2.06. The quantitative estimate of drug-likeness (QED) is 0.700. The highest BCUT2D eigenvalue weighted by Crippen LogP contribution is 2.09. The van der Waals surface area contributed by atoms with Gasteiger partial charge < -0.3 is 20.1 Å². The molecule has 1 rings (SSSR count). The molecule has 19 heavy (non-hydrogen) atoms. The summed E-state index contributed by atoms with van der Waals surface area (Å²) < 4.78 is 4.81. The molecule has 1 aromatic rings. The number of carbonyl (C=O) groups excluding carboxylic acids is 1. The normalized spacial score (nSPS) is 10.2. The first-order chi connectivity index (χ1) is 9.09. The van der Waals surface area contributed by atoms with Crippen LogP contribution in [0, 0.1) is 0 Å². The second kappa shape index (κ2) is 8.49. The van der Waals surface area contributed by atoms with Gasteiger partial charge in [-0.15, -0.1) is 11.3 Å². The molecule has 0 aromatic carbocycles. The smallest absolute Gasteiger partial charge is 0.329 e. The lowest BCUT2D eigenvalue weighted by Crippen LogP contribution is -2.39. The van der Waals surface area contributed by atoms with Crippen LogP contribution >= 0.6 is 11.3 Å². The van der Waals surface area contributed by atoms with E-state index in [1.54, 1.807) is 23.3 Å². The maximum Gasteiger partial charge on any atom is 0.329 e. The van der Waals surface area contributed by atoms with Crippen molar-refractivity contribution in [2.45, 2.75) is 6.42 Å². The molecular formula is C12H18N2O4S. The summed E-state index contributed by atoms with van der Waals surface area (Å²) in [7, 11) is 1.72. The first-order valence-electron chi connectivity index (χ1n) is 5.90. The third-order valence-electron chi connectivity index (χ3n) is 2.37. The minimum atomic E-state index is -1.01. The molecule has 106 valence electrons. The predicted octanol–water partition coefficient (Wildman–Crippen LogP) is 1.03. The number of nitrogens with one attached hydrogen (secondary N) is 1. The predicted molar refractivity (Wildman–Crippen MR) is 72.5 cm³/mol. The largest absolute Gasteiger partial charge is 0.480 e. The molecule has 0 saturated heterocycles. The van der Waals surface area contributed by atoms with Gasteiger partial charge in [0.2, 0.25) is 0 Å². The summed E-state index contributed by atoms with van der Waals surface area (Å²) in [5, 5.41) is 13.0. The molecule has 0 spiro atoms. The van der Waals surface area contributed by atoms with E-state index in [-0.39, 0.29) is 19.2 Å². The molecule has 6 nitrogen and oxygen atoms in total. The van der Waals surface area contributed by atoms with Crippen molar-refractivity contribution in [3.63, 3.8) is 0 Å². The minimum absolute atomic E-state index is 0.185. The SMILES string of the molecule is CN(CCc1cccs1)C(=O)NCCOCC(=O)O. The van der Waals surface area contributed by atoms with Gasteiger partial charge in [-0.1, -0.05) is 6.07 Å². The zero-order valence-corrected chi connectivity index (χ0v) is 11.6. The molecule has 7 heteroatoms. The minimum Gasteiger partial charge on any atom is -0.480 e. The molecule has 0 aliphatic carbocycles. The highest BCUT2D eigenvalue weighted by molar-refractivity contribution is 7.09. The van der Waals surface area contributed by atoms with E-state index in [4.69, 9.17) is 9.84 Å². The highest BCUT2D eigenvalue weighted by atomic mass is 32.1. The first kappa shape index (κ1) is 15.5. The van der Waals surface area contributed by atoms with E-state index < -0.39 is 5.97 Å². The van der Waals surface area contributed by atoms with E-state index >= 15 is 0 Å². The van der Waals surface area contributed by atoms with E-state index in [2.05, 4.69) is 5.32 Å². The molecule has 0 bridgehead atoms. The van der Waals surface area contributed by atoms with Gasteiger partial charge in [0.25, 0.3) is 0 Å². The zero-order valence-electron chi connectivity index (χ0n) is 10.8. The molecule has 2 amide bonds. The standard InChI is InChI=1S/C12H18N2O4S/c1-14(6-4-10-3-2-8-19-10)12(17)13-5-7-18-9-11(15)16/h2-3,8H,4-7,9H2,1H3,(H,13,17)(H,15,16). The second-order valence-corrected chi connectivity index (χ2v) is 4.96. The Morgan fingerprint density at radius 3 is 2.95 bits per heavy atom. The van der Waals surface area contributed by atoms with Crippen molar-refractivity contribution >= 4 is 23.3 Å².